The molecule has 0 aliphatic heterocycles. The topological polar surface area (TPSA) is 80.6 Å². The minimum absolute atomic E-state index is 0.452. The Kier molecular flexibility index (Phi) is 1.98. The third kappa shape index (κ3) is 1.24. The molecule has 0 radical (unpaired) electrons. The summed E-state index contributed by atoms with van der Waals surface area (Å²) in [6, 6.07) is 3.66. The van der Waals surface area contributed by atoms with Crippen LogP contribution in [0, 0.1) is 5.41 Å². The predicted molar refractivity (Wildman–Crippen MR) is 53.7 cm³/mol. The van der Waals surface area contributed by atoms with Crippen molar-refractivity contribution in [3.63, 3.8) is 0 Å². The first-order chi connectivity index (χ1) is 6.83. The van der Waals surface area contributed by atoms with Crippen molar-refractivity contribution in [3.05, 3.63) is 36.3 Å². The van der Waals surface area contributed by atoms with Gasteiger partial charge in [-0.1, -0.05) is 0 Å². The molecule has 0 atom stereocenters. The van der Waals surface area contributed by atoms with Crippen LogP contribution < -0.4 is 5.73 Å². The van der Waals surface area contributed by atoms with E-state index in [1.165, 1.54) is 6.21 Å². The number of hydrogen-bond acceptors (Lipinski definition) is 4. The van der Waals surface area contributed by atoms with Gasteiger partial charge in [-0.2, -0.15) is 5.10 Å². The summed E-state index contributed by atoms with van der Waals surface area (Å²) in [5.41, 5.74) is 7.16. The van der Waals surface area contributed by atoms with Gasteiger partial charge in [-0.05, 0) is 12.1 Å². The highest BCUT2D eigenvalue weighted by atomic mass is 15.3. The van der Waals surface area contributed by atoms with Crippen molar-refractivity contribution in [2.75, 3.05) is 5.73 Å². The summed E-state index contributed by atoms with van der Waals surface area (Å²) in [6.07, 6.45) is 6.07. The van der Waals surface area contributed by atoms with E-state index < -0.39 is 0 Å². The quantitative estimate of drug-likeness (QED) is 0.684. The fourth-order valence-electron chi connectivity index (χ4n) is 1.17. The molecule has 5 heteroatoms. The van der Waals surface area contributed by atoms with Gasteiger partial charge in [0.1, 0.15) is 5.82 Å². The van der Waals surface area contributed by atoms with Crippen molar-refractivity contribution in [1.29, 1.82) is 5.41 Å². The SMILES string of the molecule is N=Cc1cnn(-c2cccnc2)c1N. The van der Waals surface area contributed by atoms with Crippen LogP contribution in [0.4, 0.5) is 5.82 Å². The molecular formula is C9H9N5. The standard InChI is InChI=1S/C9H9N5/c10-4-7-5-13-14(9(7)11)8-2-1-3-12-6-8/h1-6,10H,11H2. The Hall–Kier alpha value is -2.17. The summed E-state index contributed by atoms with van der Waals surface area (Å²) in [7, 11) is 0. The van der Waals surface area contributed by atoms with Crippen molar-refractivity contribution < 1.29 is 0 Å². The van der Waals surface area contributed by atoms with E-state index in [1.807, 2.05) is 6.07 Å². The molecule has 2 heterocycles. The number of anilines is 1. The van der Waals surface area contributed by atoms with Crippen LogP contribution in [0.5, 0.6) is 0 Å². The Morgan fingerprint density at radius 1 is 1.43 bits per heavy atom. The largest absolute Gasteiger partial charge is 0.383 e. The van der Waals surface area contributed by atoms with Crippen LogP contribution in [0.15, 0.2) is 30.7 Å². The highest BCUT2D eigenvalue weighted by molar-refractivity contribution is 5.83. The van der Waals surface area contributed by atoms with Crippen molar-refractivity contribution >= 4 is 12.0 Å². The van der Waals surface area contributed by atoms with E-state index in [4.69, 9.17) is 11.1 Å². The number of hydrogen-bond donors (Lipinski definition) is 2. The van der Waals surface area contributed by atoms with Gasteiger partial charge in [-0.15, -0.1) is 0 Å². The lowest BCUT2D eigenvalue weighted by Gasteiger charge is -2.02. The molecule has 14 heavy (non-hydrogen) atoms. The van der Waals surface area contributed by atoms with Crippen LogP contribution in [-0.2, 0) is 0 Å². The van der Waals surface area contributed by atoms with E-state index >= 15 is 0 Å². The molecule has 0 aromatic carbocycles. The molecule has 0 unspecified atom stereocenters. The lowest BCUT2D eigenvalue weighted by atomic mass is 10.3. The molecule has 0 amide bonds. The Bertz CT molecular complexity index is 445. The highest BCUT2D eigenvalue weighted by Crippen LogP contribution is 2.13. The number of pyridine rings is 1. The summed E-state index contributed by atoms with van der Waals surface area (Å²) in [5, 5.41) is 11.1. The lowest BCUT2D eigenvalue weighted by Crippen LogP contribution is -2.02. The van der Waals surface area contributed by atoms with Crippen LogP contribution in [-0.4, -0.2) is 21.0 Å². The van der Waals surface area contributed by atoms with Crippen LogP contribution in [0.1, 0.15) is 5.56 Å². The molecule has 0 fully saturated rings. The number of rotatable bonds is 2. The Morgan fingerprint density at radius 3 is 2.86 bits per heavy atom. The van der Waals surface area contributed by atoms with E-state index in [0.717, 1.165) is 5.69 Å². The molecule has 0 saturated carbocycles. The van der Waals surface area contributed by atoms with Crippen molar-refractivity contribution in [2.45, 2.75) is 0 Å². The lowest BCUT2D eigenvalue weighted by molar-refractivity contribution is 0.884. The fraction of sp³-hybridized carbons (Fsp3) is 0. The maximum absolute atomic E-state index is 7.09. The molecule has 0 aliphatic rings. The molecule has 0 saturated heterocycles. The van der Waals surface area contributed by atoms with Gasteiger partial charge in [0.2, 0.25) is 0 Å². The molecule has 2 rings (SSSR count). The second kappa shape index (κ2) is 3.29. The molecular weight excluding hydrogens is 178 g/mol. The number of nitrogens with two attached hydrogens (primary N) is 1. The first-order valence-corrected chi connectivity index (χ1v) is 4.07. The second-order valence-corrected chi connectivity index (χ2v) is 2.75. The minimum atomic E-state index is 0.452. The maximum Gasteiger partial charge on any atom is 0.136 e. The van der Waals surface area contributed by atoms with Crippen molar-refractivity contribution in [3.8, 4) is 5.69 Å². The van der Waals surface area contributed by atoms with Gasteiger partial charge < -0.3 is 11.1 Å². The van der Waals surface area contributed by atoms with Crippen LogP contribution in [0.25, 0.3) is 5.69 Å². The third-order valence-corrected chi connectivity index (χ3v) is 1.88. The summed E-state index contributed by atoms with van der Waals surface area (Å²) in [4.78, 5) is 3.96. The smallest absolute Gasteiger partial charge is 0.136 e. The van der Waals surface area contributed by atoms with E-state index in [-0.39, 0.29) is 0 Å². The van der Waals surface area contributed by atoms with Gasteiger partial charge in [-0.25, -0.2) is 4.68 Å². The van der Waals surface area contributed by atoms with Gasteiger partial charge >= 0.3 is 0 Å². The molecule has 70 valence electrons. The molecule has 5 nitrogen and oxygen atoms in total. The molecule has 2 aromatic heterocycles. The normalized spacial score (nSPS) is 10.0. The number of nitrogens with zero attached hydrogens (tertiary/aromatic N) is 3. The van der Waals surface area contributed by atoms with Gasteiger partial charge in [0.05, 0.1) is 23.6 Å². The summed E-state index contributed by atoms with van der Waals surface area (Å²) in [5.74, 6) is 0.452. The summed E-state index contributed by atoms with van der Waals surface area (Å²) >= 11 is 0. The fourth-order valence-corrected chi connectivity index (χ4v) is 1.17. The predicted octanol–water partition coefficient (Wildman–Crippen LogP) is 0.847. The third-order valence-electron chi connectivity index (χ3n) is 1.88. The highest BCUT2D eigenvalue weighted by Gasteiger charge is 2.05. The molecule has 3 N–H and O–H groups in total. The second-order valence-electron chi connectivity index (χ2n) is 2.75. The van der Waals surface area contributed by atoms with E-state index in [9.17, 15) is 0 Å². The minimum Gasteiger partial charge on any atom is -0.383 e. The average Bonchev–Trinajstić information content (AvgIpc) is 2.61. The van der Waals surface area contributed by atoms with Crippen LogP contribution >= 0.6 is 0 Å². The first-order valence-electron chi connectivity index (χ1n) is 4.07. The van der Waals surface area contributed by atoms with Crippen LogP contribution in [0.3, 0.4) is 0 Å². The summed E-state index contributed by atoms with van der Waals surface area (Å²) < 4.78 is 1.55. The van der Waals surface area contributed by atoms with Crippen molar-refractivity contribution in [2.24, 2.45) is 0 Å². The summed E-state index contributed by atoms with van der Waals surface area (Å²) in [6.45, 7) is 0. The zero-order valence-corrected chi connectivity index (χ0v) is 7.38. The van der Waals surface area contributed by atoms with Gasteiger partial charge in [0, 0.05) is 12.4 Å². The van der Waals surface area contributed by atoms with E-state index in [2.05, 4.69) is 10.1 Å². The number of nitrogen functional groups attached to an aromatic ring is 1. The molecule has 0 aliphatic carbocycles. The average molecular weight is 187 g/mol. The Morgan fingerprint density at radius 2 is 2.29 bits per heavy atom. The molecule has 0 bridgehead atoms. The monoisotopic (exact) mass is 187 g/mol. The maximum atomic E-state index is 7.09. The molecule has 2 aromatic rings. The molecule has 0 spiro atoms. The Labute approximate surface area is 80.7 Å². The zero-order chi connectivity index (χ0) is 9.97. The Balaban J connectivity index is 2.53. The van der Waals surface area contributed by atoms with Gasteiger partial charge in [-0.3, -0.25) is 4.98 Å². The zero-order valence-electron chi connectivity index (χ0n) is 7.38. The number of nitrogens with one attached hydrogen (secondary N) is 1. The number of aromatic nitrogens is 3. The van der Waals surface area contributed by atoms with Crippen molar-refractivity contribution in [1.82, 2.24) is 14.8 Å². The van der Waals surface area contributed by atoms with Gasteiger partial charge in [0.25, 0.3) is 0 Å². The van der Waals surface area contributed by atoms with Gasteiger partial charge in [0.15, 0.2) is 0 Å². The van der Waals surface area contributed by atoms with E-state index in [0.29, 0.717) is 11.4 Å². The van der Waals surface area contributed by atoms with Crippen LogP contribution in [0.2, 0.25) is 0 Å². The first kappa shape index (κ1) is 8.43. The van der Waals surface area contributed by atoms with E-state index in [1.54, 1.807) is 29.3 Å².